The molecule has 1 saturated heterocycles. The van der Waals surface area contributed by atoms with Gasteiger partial charge in [0, 0.05) is 19.6 Å². The fourth-order valence-corrected chi connectivity index (χ4v) is 2.56. The first kappa shape index (κ1) is 15.3. The minimum atomic E-state index is -0.0308. The maximum atomic E-state index is 12.2. The van der Waals surface area contributed by atoms with Crippen LogP contribution in [0.1, 0.15) is 28.9 Å². The zero-order valence-corrected chi connectivity index (χ0v) is 13.2. The van der Waals surface area contributed by atoms with Crippen molar-refractivity contribution >= 4 is 11.7 Å². The lowest BCUT2D eigenvalue weighted by atomic mass is 10.2. The number of nitrogens with zero attached hydrogens (tertiary/aromatic N) is 3. The molecule has 1 aliphatic heterocycles. The molecule has 0 unspecified atom stereocenters. The molecule has 0 radical (unpaired) electrons. The number of aromatic nitrogens is 2. The van der Waals surface area contributed by atoms with Crippen molar-refractivity contribution in [1.82, 2.24) is 15.1 Å². The quantitative estimate of drug-likeness (QED) is 0.918. The van der Waals surface area contributed by atoms with E-state index in [0.717, 1.165) is 37.2 Å². The summed E-state index contributed by atoms with van der Waals surface area (Å²) in [5.41, 5.74) is 1.52. The first-order chi connectivity index (χ1) is 11.3. The third-order valence-corrected chi connectivity index (χ3v) is 3.91. The number of rotatable bonds is 5. The Hall–Kier alpha value is -2.63. The summed E-state index contributed by atoms with van der Waals surface area (Å²) >= 11 is 0. The molecule has 1 N–H and O–H groups in total. The van der Waals surface area contributed by atoms with Gasteiger partial charge in [0.15, 0.2) is 5.69 Å². The monoisotopic (exact) mass is 312 g/mol. The molecule has 6 nitrogen and oxygen atoms in total. The summed E-state index contributed by atoms with van der Waals surface area (Å²) in [5, 5.41) is 11.3. The van der Waals surface area contributed by atoms with Gasteiger partial charge in [-0.25, -0.2) is 0 Å². The van der Waals surface area contributed by atoms with Crippen molar-refractivity contribution in [2.75, 3.05) is 25.5 Å². The molecule has 0 bridgehead atoms. The van der Waals surface area contributed by atoms with Crippen LogP contribution in [0.25, 0.3) is 0 Å². The van der Waals surface area contributed by atoms with Crippen LogP contribution in [-0.2, 0) is 6.54 Å². The Labute approximate surface area is 135 Å². The average Bonchev–Trinajstić information content (AvgIpc) is 3.15. The molecule has 1 fully saturated rings. The number of hydrogen-bond donors (Lipinski definition) is 1. The summed E-state index contributed by atoms with van der Waals surface area (Å²) in [7, 11) is 1.65. The number of nitrogens with one attached hydrogen (secondary N) is 1. The zero-order chi connectivity index (χ0) is 16.1. The summed E-state index contributed by atoms with van der Waals surface area (Å²) in [6.45, 7) is 2.27. The Kier molecular flexibility index (Phi) is 4.71. The number of carbonyl (C=O) groups excluding carboxylic acids is 1. The number of ether oxygens (including phenoxy) is 1. The van der Waals surface area contributed by atoms with Gasteiger partial charge < -0.3 is 15.0 Å². The summed E-state index contributed by atoms with van der Waals surface area (Å²) in [5.74, 6) is 1.45. The van der Waals surface area contributed by atoms with Gasteiger partial charge in [0.2, 0.25) is 0 Å². The van der Waals surface area contributed by atoms with Gasteiger partial charge in [-0.2, -0.15) is 0 Å². The molecule has 3 rings (SSSR count). The van der Waals surface area contributed by atoms with E-state index in [1.807, 2.05) is 29.2 Å². The predicted octanol–water partition coefficient (Wildman–Crippen LogP) is 2.33. The van der Waals surface area contributed by atoms with Crippen molar-refractivity contribution in [3.63, 3.8) is 0 Å². The van der Waals surface area contributed by atoms with E-state index in [0.29, 0.717) is 18.1 Å². The lowest BCUT2D eigenvalue weighted by molar-refractivity contribution is 0.0786. The van der Waals surface area contributed by atoms with Gasteiger partial charge in [0.05, 0.1) is 7.11 Å². The second kappa shape index (κ2) is 7.09. The second-order valence-corrected chi connectivity index (χ2v) is 5.50. The van der Waals surface area contributed by atoms with Gasteiger partial charge in [-0.15, -0.1) is 10.2 Å². The Morgan fingerprint density at radius 3 is 2.48 bits per heavy atom. The maximum absolute atomic E-state index is 12.2. The third kappa shape index (κ3) is 3.77. The number of amides is 1. The molecule has 23 heavy (non-hydrogen) atoms. The van der Waals surface area contributed by atoms with Crippen molar-refractivity contribution in [2.24, 2.45) is 0 Å². The topological polar surface area (TPSA) is 67.3 Å². The van der Waals surface area contributed by atoms with Gasteiger partial charge in [-0.3, -0.25) is 4.79 Å². The van der Waals surface area contributed by atoms with Crippen molar-refractivity contribution in [1.29, 1.82) is 0 Å². The van der Waals surface area contributed by atoms with Gasteiger partial charge in [-0.05, 0) is 42.7 Å². The fraction of sp³-hybridized carbons (Fsp3) is 0.353. The standard InChI is InChI=1S/C17H20N4O2/c1-23-14-6-4-13(5-7-14)12-18-16-9-8-15(19-20-16)17(22)21-10-2-3-11-21/h4-9H,2-3,10-12H2,1H3,(H,18,20). The largest absolute Gasteiger partial charge is 0.497 e. The van der Waals surface area contributed by atoms with E-state index in [4.69, 9.17) is 4.74 Å². The van der Waals surface area contributed by atoms with E-state index < -0.39 is 0 Å². The van der Waals surface area contributed by atoms with Crippen LogP contribution < -0.4 is 10.1 Å². The molecule has 0 atom stereocenters. The number of likely N-dealkylation sites (tertiary alicyclic amines) is 1. The third-order valence-electron chi connectivity index (χ3n) is 3.91. The van der Waals surface area contributed by atoms with Crippen LogP contribution in [0, 0.1) is 0 Å². The van der Waals surface area contributed by atoms with E-state index in [-0.39, 0.29) is 5.91 Å². The summed E-state index contributed by atoms with van der Waals surface area (Å²) in [6.07, 6.45) is 2.14. The lowest BCUT2D eigenvalue weighted by Crippen LogP contribution is -2.28. The Bertz CT molecular complexity index is 649. The first-order valence-corrected chi connectivity index (χ1v) is 7.76. The molecule has 1 amide bonds. The maximum Gasteiger partial charge on any atom is 0.274 e. The van der Waals surface area contributed by atoms with Crippen LogP contribution in [0.2, 0.25) is 0 Å². The van der Waals surface area contributed by atoms with Crippen LogP contribution in [0.3, 0.4) is 0 Å². The van der Waals surface area contributed by atoms with Crippen LogP contribution in [0.15, 0.2) is 36.4 Å². The van der Waals surface area contributed by atoms with Crippen LogP contribution >= 0.6 is 0 Å². The summed E-state index contributed by atoms with van der Waals surface area (Å²) in [6, 6.07) is 11.3. The van der Waals surface area contributed by atoms with Crippen LogP contribution in [0.5, 0.6) is 5.75 Å². The first-order valence-electron chi connectivity index (χ1n) is 7.76. The second-order valence-electron chi connectivity index (χ2n) is 5.50. The van der Waals surface area contributed by atoms with Crippen molar-refractivity contribution < 1.29 is 9.53 Å². The number of benzene rings is 1. The number of hydrogen-bond acceptors (Lipinski definition) is 5. The molecule has 2 aromatic rings. The highest BCUT2D eigenvalue weighted by atomic mass is 16.5. The van der Waals surface area contributed by atoms with E-state index in [9.17, 15) is 4.79 Å². The molecule has 0 spiro atoms. The summed E-state index contributed by atoms with van der Waals surface area (Å²) < 4.78 is 5.13. The van der Waals surface area contributed by atoms with Crippen molar-refractivity contribution in [3.05, 3.63) is 47.7 Å². The van der Waals surface area contributed by atoms with E-state index in [2.05, 4.69) is 15.5 Å². The van der Waals surface area contributed by atoms with Crippen LogP contribution in [-0.4, -0.2) is 41.2 Å². The molecule has 6 heteroatoms. The normalized spacial score (nSPS) is 13.9. The van der Waals surface area contributed by atoms with E-state index in [1.54, 1.807) is 19.2 Å². The smallest absolute Gasteiger partial charge is 0.274 e. The summed E-state index contributed by atoms with van der Waals surface area (Å²) in [4.78, 5) is 14.0. The predicted molar refractivity (Wildman–Crippen MR) is 87.5 cm³/mol. The Balaban J connectivity index is 1.57. The lowest BCUT2D eigenvalue weighted by Gasteiger charge is -2.14. The van der Waals surface area contributed by atoms with Gasteiger partial charge in [0.25, 0.3) is 5.91 Å². The Morgan fingerprint density at radius 1 is 1.13 bits per heavy atom. The highest BCUT2D eigenvalue weighted by Gasteiger charge is 2.20. The van der Waals surface area contributed by atoms with E-state index in [1.165, 1.54) is 0 Å². The van der Waals surface area contributed by atoms with Crippen LogP contribution in [0.4, 0.5) is 5.82 Å². The zero-order valence-electron chi connectivity index (χ0n) is 13.2. The van der Waals surface area contributed by atoms with Crippen molar-refractivity contribution in [2.45, 2.75) is 19.4 Å². The number of methoxy groups -OCH3 is 1. The Morgan fingerprint density at radius 2 is 1.87 bits per heavy atom. The number of anilines is 1. The van der Waals surface area contributed by atoms with Gasteiger partial charge >= 0.3 is 0 Å². The molecule has 1 aromatic heterocycles. The molecule has 2 heterocycles. The molecule has 120 valence electrons. The average molecular weight is 312 g/mol. The van der Waals surface area contributed by atoms with Gasteiger partial charge in [0.1, 0.15) is 11.6 Å². The SMILES string of the molecule is COc1ccc(CNc2ccc(C(=O)N3CCCC3)nn2)cc1. The molecule has 1 aliphatic rings. The molecule has 1 aromatic carbocycles. The van der Waals surface area contributed by atoms with Crippen molar-refractivity contribution in [3.8, 4) is 5.75 Å². The number of carbonyl (C=O) groups is 1. The minimum Gasteiger partial charge on any atom is -0.497 e. The fourth-order valence-electron chi connectivity index (χ4n) is 2.56. The molecule has 0 saturated carbocycles. The van der Waals surface area contributed by atoms with Gasteiger partial charge in [-0.1, -0.05) is 12.1 Å². The molecular formula is C17H20N4O2. The highest BCUT2D eigenvalue weighted by molar-refractivity contribution is 5.92. The molecular weight excluding hydrogens is 292 g/mol. The molecule has 0 aliphatic carbocycles. The van der Waals surface area contributed by atoms with E-state index >= 15 is 0 Å². The highest BCUT2D eigenvalue weighted by Crippen LogP contribution is 2.14. The minimum absolute atomic E-state index is 0.0308.